The highest BCUT2D eigenvalue weighted by Gasteiger charge is 2.22. The van der Waals surface area contributed by atoms with Gasteiger partial charge in [-0.2, -0.15) is 0 Å². The van der Waals surface area contributed by atoms with Crippen LogP contribution in [-0.2, 0) is 9.59 Å². The standard InChI is InChI=1S/C24H29N3O5/c1-2-31-20-9-11-21(12-10-20)32-18-23(29)27-14-6-13-26(15-16-27)22(28)17-25-24(30)19-7-4-3-5-8-19/h3-5,7-12H,2,6,13-18H2,1H3,(H,25,30). The molecule has 0 aliphatic carbocycles. The summed E-state index contributed by atoms with van der Waals surface area (Å²) >= 11 is 0. The molecule has 1 N–H and O–H groups in total. The lowest BCUT2D eigenvalue weighted by Gasteiger charge is -2.22. The molecular formula is C24H29N3O5. The Labute approximate surface area is 188 Å². The summed E-state index contributed by atoms with van der Waals surface area (Å²) < 4.78 is 11.0. The fraction of sp³-hybridized carbons (Fsp3) is 0.375. The zero-order valence-electron chi connectivity index (χ0n) is 18.3. The van der Waals surface area contributed by atoms with Gasteiger partial charge in [0.15, 0.2) is 6.61 Å². The van der Waals surface area contributed by atoms with E-state index in [9.17, 15) is 14.4 Å². The summed E-state index contributed by atoms with van der Waals surface area (Å²) in [7, 11) is 0. The third kappa shape index (κ3) is 6.73. The second-order valence-electron chi connectivity index (χ2n) is 7.36. The maximum Gasteiger partial charge on any atom is 0.260 e. The summed E-state index contributed by atoms with van der Waals surface area (Å²) in [5.74, 6) is 0.794. The van der Waals surface area contributed by atoms with Gasteiger partial charge in [-0.1, -0.05) is 18.2 Å². The predicted molar refractivity (Wildman–Crippen MR) is 120 cm³/mol. The van der Waals surface area contributed by atoms with Crippen molar-refractivity contribution >= 4 is 17.7 Å². The summed E-state index contributed by atoms with van der Waals surface area (Å²) in [6.07, 6.45) is 0.674. The Hall–Kier alpha value is -3.55. The molecular weight excluding hydrogens is 410 g/mol. The van der Waals surface area contributed by atoms with Gasteiger partial charge in [0.1, 0.15) is 11.5 Å². The highest BCUT2D eigenvalue weighted by Crippen LogP contribution is 2.17. The highest BCUT2D eigenvalue weighted by molar-refractivity contribution is 5.96. The molecule has 0 spiro atoms. The molecule has 170 valence electrons. The molecule has 32 heavy (non-hydrogen) atoms. The van der Waals surface area contributed by atoms with Gasteiger partial charge < -0.3 is 24.6 Å². The highest BCUT2D eigenvalue weighted by atomic mass is 16.5. The van der Waals surface area contributed by atoms with Gasteiger partial charge in [-0.05, 0) is 49.7 Å². The van der Waals surface area contributed by atoms with Crippen LogP contribution in [0, 0.1) is 0 Å². The lowest BCUT2D eigenvalue weighted by Crippen LogP contribution is -2.43. The minimum absolute atomic E-state index is 0.0605. The van der Waals surface area contributed by atoms with Crippen molar-refractivity contribution in [2.24, 2.45) is 0 Å². The molecule has 0 saturated carbocycles. The van der Waals surface area contributed by atoms with Gasteiger partial charge in [0, 0.05) is 31.7 Å². The Balaban J connectivity index is 1.42. The Bertz CT molecular complexity index is 902. The molecule has 3 rings (SSSR count). The van der Waals surface area contributed by atoms with Crippen molar-refractivity contribution in [3.8, 4) is 11.5 Å². The average molecular weight is 440 g/mol. The molecule has 0 aromatic heterocycles. The maximum atomic E-state index is 12.6. The molecule has 8 nitrogen and oxygen atoms in total. The Morgan fingerprint density at radius 1 is 0.812 bits per heavy atom. The number of nitrogens with one attached hydrogen (secondary N) is 1. The third-order valence-electron chi connectivity index (χ3n) is 5.13. The van der Waals surface area contributed by atoms with Gasteiger partial charge in [0.05, 0.1) is 13.2 Å². The molecule has 8 heteroatoms. The summed E-state index contributed by atoms with van der Waals surface area (Å²) in [5.41, 5.74) is 0.514. The van der Waals surface area contributed by atoms with Crippen LogP contribution in [0.3, 0.4) is 0 Å². The first kappa shape index (κ1) is 23.1. The van der Waals surface area contributed by atoms with E-state index in [4.69, 9.17) is 9.47 Å². The SMILES string of the molecule is CCOc1ccc(OCC(=O)N2CCCN(C(=O)CNC(=O)c3ccccc3)CC2)cc1. The van der Waals surface area contributed by atoms with Crippen LogP contribution in [0.5, 0.6) is 11.5 Å². The molecule has 0 bridgehead atoms. The summed E-state index contributed by atoms with van der Waals surface area (Å²) in [6.45, 7) is 4.34. The van der Waals surface area contributed by atoms with Crippen LogP contribution in [-0.4, -0.2) is 73.5 Å². The maximum absolute atomic E-state index is 12.6. The van der Waals surface area contributed by atoms with Crippen molar-refractivity contribution in [2.45, 2.75) is 13.3 Å². The summed E-state index contributed by atoms with van der Waals surface area (Å²) in [4.78, 5) is 40.6. The van der Waals surface area contributed by atoms with Gasteiger partial charge in [-0.25, -0.2) is 0 Å². The lowest BCUT2D eigenvalue weighted by molar-refractivity contribution is -0.134. The van der Waals surface area contributed by atoms with E-state index in [1.807, 2.05) is 13.0 Å². The molecule has 1 aliphatic heterocycles. The van der Waals surface area contributed by atoms with Crippen LogP contribution in [0.2, 0.25) is 0 Å². The minimum Gasteiger partial charge on any atom is -0.494 e. The topological polar surface area (TPSA) is 88.2 Å². The van der Waals surface area contributed by atoms with Crippen molar-refractivity contribution in [3.63, 3.8) is 0 Å². The number of hydrogen-bond acceptors (Lipinski definition) is 5. The lowest BCUT2D eigenvalue weighted by atomic mass is 10.2. The number of amides is 3. The molecule has 2 aromatic rings. The second-order valence-corrected chi connectivity index (χ2v) is 7.36. The Morgan fingerprint density at radius 2 is 1.41 bits per heavy atom. The van der Waals surface area contributed by atoms with E-state index >= 15 is 0 Å². The Morgan fingerprint density at radius 3 is 2.03 bits per heavy atom. The molecule has 1 aliphatic rings. The first-order valence-electron chi connectivity index (χ1n) is 10.8. The van der Waals surface area contributed by atoms with Crippen molar-refractivity contribution in [1.82, 2.24) is 15.1 Å². The van der Waals surface area contributed by atoms with Gasteiger partial charge in [-0.3, -0.25) is 14.4 Å². The van der Waals surface area contributed by atoms with E-state index in [0.29, 0.717) is 50.5 Å². The normalized spacial score (nSPS) is 13.8. The summed E-state index contributed by atoms with van der Waals surface area (Å²) in [6, 6.07) is 15.9. The van der Waals surface area contributed by atoms with E-state index in [1.54, 1.807) is 58.3 Å². The largest absolute Gasteiger partial charge is 0.494 e. The van der Waals surface area contributed by atoms with Crippen molar-refractivity contribution in [3.05, 3.63) is 60.2 Å². The van der Waals surface area contributed by atoms with Crippen molar-refractivity contribution < 1.29 is 23.9 Å². The number of nitrogens with zero attached hydrogens (tertiary/aromatic N) is 2. The van der Waals surface area contributed by atoms with Crippen LogP contribution < -0.4 is 14.8 Å². The fourth-order valence-corrected chi connectivity index (χ4v) is 3.41. The first-order valence-corrected chi connectivity index (χ1v) is 10.8. The van der Waals surface area contributed by atoms with Gasteiger partial charge in [0.2, 0.25) is 5.91 Å². The molecule has 1 saturated heterocycles. The zero-order chi connectivity index (χ0) is 22.8. The monoisotopic (exact) mass is 439 g/mol. The fourth-order valence-electron chi connectivity index (χ4n) is 3.41. The van der Waals surface area contributed by atoms with E-state index < -0.39 is 0 Å². The predicted octanol–water partition coefficient (Wildman–Crippen LogP) is 1.96. The average Bonchev–Trinajstić information content (AvgIpc) is 3.09. The minimum atomic E-state index is -0.281. The number of ether oxygens (including phenoxy) is 2. The number of carbonyl (C=O) groups excluding carboxylic acids is 3. The number of benzene rings is 2. The van der Waals surface area contributed by atoms with E-state index in [1.165, 1.54) is 0 Å². The van der Waals surface area contributed by atoms with Gasteiger partial charge >= 0.3 is 0 Å². The van der Waals surface area contributed by atoms with Gasteiger partial charge in [0.25, 0.3) is 11.8 Å². The van der Waals surface area contributed by atoms with Crippen LogP contribution in [0.15, 0.2) is 54.6 Å². The van der Waals surface area contributed by atoms with Crippen LogP contribution in [0.25, 0.3) is 0 Å². The van der Waals surface area contributed by atoms with E-state index in [2.05, 4.69) is 5.32 Å². The van der Waals surface area contributed by atoms with Crippen molar-refractivity contribution in [2.75, 3.05) is 45.9 Å². The van der Waals surface area contributed by atoms with Crippen LogP contribution >= 0.6 is 0 Å². The molecule has 0 atom stereocenters. The number of hydrogen-bond donors (Lipinski definition) is 1. The summed E-state index contributed by atoms with van der Waals surface area (Å²) in [5, 5.41) is 2.66. The Kier molecular flexibility index (Phi) is 8.48. The van der Waals surface area contributed by atoms with Crippen molar-refractivity contribution in [1.29, 1.82) is 0 Å². The zero-order valence-corrected chi connectivity index (χ0v) is 18.3. The molecule has 1 fully saturated rings. The van der Waals surface area contributed by atoms with Gasteiger partial charge in [-0.15, -0.1) is 0 Å². The molecule has 0 unspecified atom stereocenters. The van der Waals surface area contributed by atoms with E-state index in [-0.39, 0.29) is 30.9 Å². The smallest absolute Gasteiger partial charge is 0.260 e. The number of rotatable bonds is 8. The van der Waals surface area contributed by atoms with Crippen LogP contribution in [0.4, 0.5) is 0 Å². The van der Waals surface area contributed by atoms with Crippen LogP contribution in [0.1, 0.15) is 23.7 Å². The first-order chi connectivity index (χ1) is 15.6. The molecule has 2 aromatic carbocycles. The molecule has 3 amide bonds. The molecule has 0 radical (unpaired) electrons. The quantitative estimate of drug-likeness (QED) is 0.679. The molecule has 1 heterocycles. The van der Waals surface area contributed by atoms with E-state index in [0.717, 1.165) is 5.75 Å². The number of carbonyl (C=O) groups is 3. The second kappa shape index (κ2) is 11.7. The third-order valence-corrected chi connectivity index (χ3v) is 5.13.